The number of fused-ring (bicyclic) bond motifs is 1. The molecule has 0 amide bonds. The van der Waals surface area contributed by atoms with Crippen molar-refractivity contribution in [1.29, 1.82) is 0 Å². The predicted molar refractivity (Wildman–Crippen MR) is 74.4 cm³/mol. The molecule has 1 aromatic carbocycles. The summed E-state index contributed by atoms with van der Waals surface area (Å²) in [5.41, 5.74) is 2.19. The minimum atomic E-state index is -0.889. The molecular weight excluding hydrogens is 326 g/mol. The molecule has 20 heavy (non-hydrogen) atoms. The van der Waals surface area contributed by atoms with Gasteiger partial charge in [0, 0.05) is 0 Å². The lowest BCUT2D eigenvalue weighted by Crippen LogP contribution is -2.09. The van der Waals surface area contributed by atoms with Crippen LogP contribution >= 0.6 is 15.9 Å². The first kappa shape index (κ1) is 12.9. The second-order valence-electron chi connectivity index (χ2n) is 4.35. The van der Waals surface area contributed by atoms with Crippen molar-refractivity contribution in [3.8, 4) is 0 Å². The van der Waals surface area contributed by atoms with Gasteiger partial charge in [-0.05, 0) is 33.6 Å². The molecule has 2 heterocycles. The van der Waals surface area contributed by atoms with Crippen LogP contribution in [0.3, 0.4) is 0 Å². The van der Waals surface area contributed by atoms with Gasteiger partial charge >= 0.3 is 5.97 Å². The molecule has 3 aromatic rings. The molecule has 0 fully saturated rings. The van der Waals surface area contributed by atoms with Crippen molar-refractivity contribution in [3.63, 3.8) is 0 Å². The number of oxazole rings is 1. The lowest BCUT2D eigenvalue weighted by atomic mass is 9.95. The Labute approximate surface area is 122 Å². The molecule has 7 heteroatoms. The standard InChI is InChI=1S/C13H10BrN3O3/c14-11-5-15-13(17-11)8(4-12(18)19)7-1-2-9-10(3-7)20-6-16-9/h1-3,5-6,8H,4H2,(H,15,17)(H,18,19). The minimum absolute atomic E-state index is 0.0560. The van der Waals surface area contributed by atoms with Crippen molar-refractivity contribution < 1.29 is 14.3 Å². The Morgan fingerprint density at radius 1 is 1.45 bits per heavy atom. The van der Waals surface area contributed by atoms with Crippen LogP contribution in [0.4, 0.5) is 0 Å². The van der Waals surface area contributed by atoms with E-state index in [1.807, 2.05) is 6.07 Å². The van der Waals surface area contributed by atoms with Gasteiger partial charge < -0.3 is 14.5 Å². The van der Waals surface area contributed by atoms with Gasteiger partial charge in [0.15, 0.2) is 12.0 Å². The Bertz CT molecular complexity index is 765. The molecule has 1 unspecified atom stereocenters. The highest BCUT2D eigenvalue weighted by Gasteiger charge is 2.21. The van der Waals surface area contributed by atoms with Crippen molar-refractivity contribution in [2.24, 2.45) is 0 Å². The number of nitrogens with one attached hydrogen (secondary N) is 1. The Hall–Kier alpha value is -2.15. The summed E-state index contributed by atoms with van der Waals surface area (Å²) in [6.45, 7) is 0. The summed E-state index contributed by atoms with van der Waals surface area (Å²) in [7, 11) is 0. The summed E-state index contributed by atoms with van der Waals surface area (Å²) in [5.74, 6) is -0.661. The molecule has 6 nitrogen and oxygen atoms in total. The number of H-pyrrole nitrogens is 1. The average molecular weight is 336 g/mol. The Morgan fingerprint density at radius 3 is 3.00 bits per heavy atom. The SMILES string of the molecule is O=C(O)CC(c1ccc2ncoc2c1)c1ncc(Br)[nH]1. The van der Waals surface area contributed by atoms with Crippen LogP contribution in [0.2, 0.25) is 0 Å². The first-order chi connectivity index (χ1) is 9.63. The number of nitrogens with zero attached hydrogens (tertiary/aromatic N) is 2. The number of aromatic nitrogens is 3. The van der Waals surface area contributed by atoms with Gasteiger partial charge in [-0.2, -0.15) is 0 Å². The lowest BCUT2D eigenvalue weighted by molar-refractivity contribution is -0.137. The molecule has 0 aliphatic heterocycles. The van der Waals surface area contributed by atoms with Crippen molar-refractivity contribution in [2.75, 3.05) is 0 Å². The van der Waals surface area contributed by atoms with E-state index < -0.39 is 5.97 Å². The average Bonchev–Trinajstić information content (AvgIpc) is 3.03. The third kappa shape index (κ3) is 2.44. The smallest absolute Gasteiger partial charge is 0.304 e. The van der Waals surface area contributed by atoms with Crippen LogP contribution in [0, 0.1) is 0 Å². The first-order valence-corrected chi connectivity index (χ1v) is 6.68. The fourth-order valence-corrected chi connectivity index (χ4v) is 2.43. The van der Waals surface area contributed by atoms with Crippen molar-refractivity contribution >= 4 is 33.0 Å². The van der Waals surface area contributed by atoms with Crippen LogP contribution in [-0.4, -0.2) is 26.0 Å². The largest absolute Gasteiger partial charge is 0.481 e. The molecule has 0 aliphatic carbocycles. The van der Waals surface area contributed by atoms with Gasteiger partial charge in [0.2, 0.25) is 0 Å². The van der Waals surface area contributed by atoms with Crippen LogP contribution in [-0.2, 0) is 4.79 Å². The maximum atomic E-state index is 11.1. The maximum absolute atomic E-state index is 11.1. The fraction of sp³-hybridized carbons (Fsp3) is 0.154. The number of imidazole rings is 1. The monoisotopic (exact) mass is 335 g/mol. The van der Waals surface area contributed by atoms with E-state index in [1.165, 1.54) is 6.39 Å². The van der Waals surface area contributed by atoms with Gasteiger partial charge in [-0.15, -0.1) is 0 Å². The summed E-state index contributed by atoms with van der Waals surface area (Å²) in [6, 6.07) is 5.45. The number of halogens is 1. The maximum Gasteiger partial charge on any atom is 0.304 e. The summed E-state index contributed by atoms with van der Waals surface area (Å²) >= 11 is 3.28. The van der Waals surface area contributed by atoms with E-state index in [0.717, 1.165) is 11.1 Å². The van der Waals surface area contributed by atoms with Gasteiger partial charge in [-0.25, -0.2) is 9.97 Å². The van der Waals surface area contributed by atoms with E-state index in [-0.39, 0.29) is 12.3 Å². The lowest BCUT2D eigenvalue weighted by Gasteiger charge is -2.12. The van der Waals surface area contributed by atoms with Crippen LogP contribution < -0.4 is 0 Å². The van der Waals surface area contributed by atoms with Gasteiger partial charge in [0.1, 0.15) is 15.9 Å². The van der Waals surface area contributed by atoms with Crippen LogP contribution in [0.5, 0.6) is 0 Å². The van der Waals surface area contributed by atoms with Crippen molar-refractivity contribution in [1.82, 2.24) is 15.0 Å². The number of benzene rings is 1. The summed E-state index contributed by atoms with van der Waals surface area (Å²) < 4.78 is 5.97. The van der Waals surface area contributed by atoms with Crippen molar-refractivity contribution in [2.45, 2.75) is 12.3 Å². The highest BCUT2D eigenvalue weighted by molar-refractivity contribution is 9.10. The zero-order valence-corrected chi connectivity index (χ0v) is 11.8. The predicted octanol–water partition coefficient (Wildman–Crippen LogP) is 2.92. The number of hydrogen-bond acceptors (Lipinski definition) is 4. The Morgan fingerprint density at radius 2 is 2.30 bits per heavy atom. The summed E-state index contributed by atoms with van der Waals surface area (Å²) in [4.78, 5) is 22.3. The van der Waals surface area contributed by atoms with Gasteiger partial charge in [0.05, 0.1) is 18.5 Å². The normalized spacial score (nSPS) is 12.7. The molecule has 0 saturated heterocycles. The number of hydrogen-bond donors (Lipinski definition) is 2. The summed E-state index contributed by atoms with van der Waals surface area (Å²) in [5, 5.41) is 9.10. The van der Waals surface area contributed by atoms with E-state index in [9.17, 15) is 4.79 Å². The molecule has 0 spiro atoms. The number of aliphatic carboxylic acids is 1. The Balaban J connectivity index is 2.05. The molecule has 0 aliphatic rings. The quantitative estimate of drug-likeness (QED) is 0.764. The molecule has 1 atom stereocenters. The number of carbonyl (C=O) groups is 1. The Kier molecular flexibility index (Phi) is 3.27. The van der Waals surface area contributed by atoms with E-state index >= 15 is 0 Å². The third-order valence-corrected chi connectivity index (χ3v) is 3.43. The number of aromatic amines is 1. The number of carboxylic acid groups (broad SMARTS) is 1. The van der Waals surface area contributed by atoms with E-state index in [2.05, 4.69) is 30.9 Å². The fourth-order valence-electron chi connectivity index (χ4n) is 2.13. The molecule has 2 aromatic heterocycles. The molecule has 2 N–H and O–H groups in total. The molecular formula is C13H10BrN3O3. The molecule has 102 valence electrons. The minimum Gasteiger partial charge on any atom is -0.481 e. The second-order valence-corrected chi connectivity index (χ2v) is 5.20. The number of carboxylic acids is 1. The molecule has 0 saturated carbocycles. The molecule has 0 bridgehead atoms. The summed E-state index contributed by atoms with van der Waals surface area (Å²) in [6.07, 6.45) is 2.92. The second kappa shape index (κ2) is 5.09. The van der Waals surface area contributed by atoms with Crippen LogP contribution in [0.15, 0.2) is 39.8 Å². The number of rotatable bonds is 4. The first-order valence-electron chi connectivity index (χ1n) is 5.89. The van der Waals surface area contributed by atoms with Crippen molar-refractivity contribution in [3.05, 3.63) is 46.8 Å². The van der Waals surface area contributed by atoms with Gasteiger partial charge in [-0.3, -0.25) is 4.79 Å². The van der Waals surface area contributed by atoms with Crippen LogP contribution in [0.1, 0.15) is 23.7 Å². The zero-order valence-electron chi connectivity index (χ0n) is 10.2. The van der Waals surface area contributed by atoms with E-state index in [4.69, 9.17) is 9.52 Å². The molecule has 3 rings (SSSR count). The highest BCUT2D eigenvalue weighted by atomic mass is 79.9. The van der Waals surface area contributed by atoms with E-state index in [1.54, 1.807) is 18.3 Å². The molecule has 0 radical (unpaired) electrons. The third-order valence-electron chi connectivity index (χ3n) is 3.03. The van der Waals surface area contributed by atoms with Gasteiger partial charge in [-0.1, -0.05) is 6.07 Å². The zero-order chi connectivity index (χ0) is 14.1. The van der Waals surface area contributed by atoms with Crippen LogP contribution in [0.25, 0.3) is 11.1 Å². The van der Waals surface area contributed by atoms with Gasteiger partial charge in [0.25, 0.3) is 0 Å². The highest BCUT2D eigenvalue weighted by Crippen LogP contribution is 2.29. The topological polar surface area (TPSA) is 92.0 Å². The van der Waals surface area contributed by atoms with E-state index in [0.29, 0.717) is 16.0 Å².